The molecule has 0 spiro atoms. The highest BCUT2D eigenvalue weighted by Crippen LogP contribution is 2.44. The number of hydrogen-bond acceptors (Lipinski definition) is 1. The Morgan fingerprint density at radius 3 is 2.46 bits per heavy atom. The quantitative estimate of drug-likeness (QED) is 0.318. The summed E-state index contributed by atoms with van der Waals surface area (Å²) in [4.78, 5) is 0. The fraction of sp³-hybridized carbons (Fsp3) is 0.182. The lowest BCUT2D eigenvalue weighted by molar-refractivity contribution is 0.877. The van der Waals surface area contributed by atoms with E-state index in [2.05, 4.69) is 80.1 Å². The Kier molecular flexibility index (Phi) is 2.84. The Bertz CT molecular complexity index is 1240. The molecule has 0 aliphatic heterocycles. The van der Waals surface area contributed by atoms with Crippen molar-refractivity contribution in [3.8, 4) is 0 Å². The maximum Gasteiger partial charge on any atom is 0.0503 e. The Labute approximate surface area is 145 Å². The number of rotatable bonds is 1. The van der Waals surface area contributed by atoms with Crippen LogP contribution in [0.3, 0.4) is 0 Å². The van der Waals surface area contributed by atoms with Crippen molar-refractivity contribution in [3.05, 3.63) is 60.2 Å². The molecule has 0 saturated heterocycles. The normalized spacial score (nSPS) is 12.3. The molecule has 5 rings (SSSR count). The van der Waals surface area contributed by atoms with Crippen LogP contribution in [-0.2, 0) is 7.05 Å². The second-order valence-corrected chi connectivity index (χ2v) is 7.94. The molecule has 2 heteroatoms. The lowest BCUT2D eigenvalue weighted by Crippen LogP contribution is -1.87. The smallest absolute Gasteiger partial charge is 0.0503 e. The lowest BCUT2D eigenvalue weighted by Gasteiger charge is -2.07. The number of nitrogens with zero attached hydrogens (tertiary/aromatic N) is 1. The van der Waals surface area contributed by atoms with Gasteiger partial charge in [0, 0.05) is 43.5 Å². The lowest BCUT2D eigenvalue weighted by atomic mass is 9.97. The van der Waals surface area contributed by atoms with Gasteiger partial charge < -0.3 is 4.57 Å². The molecular weight excluding hydrogens is 310 g/mol. The average Bonchev–Trinajstić information content (AvgIpc) is 3.11. The summed E-state index contributed by atoms with van der Waals surface area (Å²) in [7, 11) is 2.17. The SMILES string of the molecule is CC(C)c1cccc2sc3c(ccc4c3c3ccccc3n4C)c12. The van der Waals surface area contributed by atoms with Gasteiger partial charge in [0.1, 0.15) is 0 Å². The molecule has 0 amide bonds. The summed E-state index contributed by atoms with van der Waals surface area (Å²) in [6.07, 6.45) is 0. The van der Waals surface area contributed by atoms with Crippen LogP contribution in [0.2, 0.25) is 0 Å². The zero-order valence-corrected chi connectivity index (χ0v) is 14.9. The number of fused-ring (bicyclic) bond motifs is 7. The Morgan fingerprint density at radius 2 is 1.62 bits per heavy atom. The molecule has 3 aromatic carbocycles. The summed E-state index contributed by atoms with van der Waals surface area (Å²) in [6, 6.07) is 20.1. The minimum absolute atomic E-state index is 0.537. The third-order valence-electron chi connectivity index (χ3n) is 5.19. The summed E-state index contributed by atoms with van der Waals surface area (Å²) in [5.41, 5.74) is 4.08. The topological polar surface area (TPSA) is 4.93 Å². The molecule has 0 saturated carbocycles. The molecule has 0 aliphatic rings. The number of benzene rings is 3. The number of para-hydroxylation sites is 1. The van der Waals surface area contributed by atoms with Gasteiger partial charge in [-0.05, 0) is 29.7 Å². The maximum absolute atomic E-state index is 2.32. The van der Waals surface area contributed by atoms with Gasteiger partial charge in [0.15, 0.2) is 0 Å². The van der Waals surface area contributed by atoms with Crippen molar-refractivity contribution in [2.24, 2.45) is 7.05 Å². The molecule has 5 aromatic rings. The number of aryl methyl sites for hydroxylation is 1. The Hall–Kier alpha value is -2.32. The Balaban J connectivity index is 2.08. The van der Waals surface area contributed by atoms with Crippen molar-refractivity contribution in [1.82, 2.24) is 4.57 Å². The van der Waals surface area contributed by atoms with Gasteiger partial charge in [-0.1, -0.05) is 50.2 Å². The first-order chi connectivity index (χ1) is 11.7. The van der Waals surface area contributed by atoms with E-state index in [1.165, 1.54) is 47.5 Å². The van der Waals surface area contributed by atoms with Crippen molar-refractivity contribution in [3.63, 3.8) is 0 Å². The highest BCUT2D eigenvalue weighted by atomic mass is 32.1. The molecule has 0 radical (unpaired) electrons. The van der Waals surface area contributed by atoms with Crippen molar-refractivity contribution < 1.29 is 0 Å². The zero-order chi connectivity index (χ0) is 16.4. The van der Waals surface area contributed by atoms with E-state index in [1.54, 1.807) is 0 Å². The number of aromatic nitrogens is 1. The first-order valence-corrected chi connectivity index (χ1v) is 9.29. The number of hydrogen-bond donors (Lipinski definition) is 0. The minimum atomic E-state index is 0.537. The summed E-state index contributed by atoms with van der Waals surface area (Å²) in [6.45, 7) is 4.57. The van der Waals surface area contributed by atoms with E-state index in [4.69, 9.17) is 0 Å². The number of thiophene rings is 1. The van der Waals surface area contributed by atoms with Crippen LogP contribution in [0.25, 0.3) is 42.0 Å². The highest BCUT2D eigenvalue weighted by molar-refractivity contribution is 7.26. The summed E-state index contributed by atoms with van der Waals surface area (Å²) < 4.78 is 5.14. The molecule has 118 valence electrons. The molecule has 2 aromatic heterocycles. The van der Waals surface area contributed by atoms with Crippen LogP contribution in [0.1, 0.15) is 25.3 Å². The second-order valence-electron chi connectivity index (χ2n) is 6.89. The molecule has 1 nitrogen and oxygen atoms in total. The van der Waals surface area contributed by atoms with Crippen LogP contribution >= 0.6 is 11.3 Å². The molecule has 0 unspecified atom stereocenters. The van der Waals surface area contributed by atoms with Gasteiger partial charge >= 0.3 is 0 Å². The first-order valence-electron chi connectivity index (χ1n) is 8.48. The van der Waals surface area contributed by atoms with Gasteiger partial charge in [-0.25, -0.2) is 0 Å². The molecule has 0 N–H and O–H groups in total. The first kappa shape index (κ1) is 14.1. The van der Waals surface area contributed by atoms with Crippen molar-refractivity contribution in [2.45, 2.75) is 19.8 Å². The van der Waals surface area contributed by atoms with Crippen LogP contribution < -0.4 is 0 Å². The predicted molar refractivity (Wildman–Crippen MR) is 107 cm³/mol. The standard InChI is InChI=1S/C22H19NS/c1-13(2)14-8-6-10-19-20(14)16-11-12-18-21(22(16)24-19)15-7-4-5-9-17(15)23(18)3/h4-13H,1-3H3. The summed E-state index contributed by atoms with van der Waals surface area (Å²) >= 11 is 1.94. The molecule has 2 heterocycles. The fourth-order valence-corrected chi connectivity index (χ4v) is 5.33. The molecule has 0 bridgehead atoms. The fourth-order valence-electron chi connectivity index (χ4n) is 4.03. The van der Waals surface area contributed by atoms with Gasteiger partial charge in [-0.2, -0.15) is 0 Å². The van der Waals surface area contributed by atoms with Gasteiger partial charge in [-0.3, -0.25) is 0 Å². The van der Waals surface area contributed by atoms with Crippen LogP contribution in [0.4, 0.5) is 0 Å². The minimum Gasteiger partial charge on any atom is -0.344 e. The van der Waals surface area contributed by atoms with E-state index in [0.717, 1.165) is 0 Å². The zero-order valence-electron chi connectivity index (χ0n) is 14.1. The van der Waals surface area contributed by atoms with Crippen LogP contribution in [0, 0.1) is 0 Å². The van der Waals surface area contributed by atoms with Crippen molar-refractivity contribution in [2.75, 3.05) is 0 Å². The average molecular weight is 329 g/mol. The molecule has 0 aliphatic carbocycles. The van der Waals surface area contributed by atoms with E-state index in [1.807, 2.05) is 11.3 Å². The van der Waals surface area contributed by atoms with E-state index in [9.17, 15) is 0 Å². The van der Waals surface area contributed by atoms with Crippen molar-refractivity contribution >= 4 is 53.3 Å². The van der Waals surface area contributed by atoms with Crippen LogP contribution in [-0.4, -0.2) is 4.57 Å². The predicted octanol–water partition coefficient (Wildman–Crippen LogP) is 6.82. The largest absolute Gasteiger partial charge is 0.344 e. The summed E-state index contributed by atoms with van der Waals surface area (Å²) in [5, 5.41) is 5.62. The highest BCUT2D eigenvalue weighted by Gasteiger charge is 2.16. The van der Waals surface area contributed by atoms with E-state index in [0.29, 0.717) is 5.92 Å². The van der Waals surface area contributed by atoms with Gasteiger partial charge in [0.2, 0.25) is 0 Å². The van der Waals surface area contributed by atoms with Crippen molar-refractivity contribution in [1.29, 1.82) is 0 Å². The second kappa shape index (κ2) is 4.84. The molecule has 24 heavy (non-hydrogen) atoms. The molecular formula is C22H19NS. The maximum atomic E-state index is 2.32. The monoisotopic (exact) mass is 329 g/mol. The summed E-state index contributed by atoms with van der Waals surface area (Å²) in [5.74, 6) is 0.537. The molecule has 0 atom stereocenters. The van der Waals surface area contributed by atoms with Crippen LogP contribution in [0.15, 0.2) is 54.6 Å². The van der Waals surface area contributed by atoms with E-state index < -0.39 is 0 Å². The van der Waals surface area contributed by atoms with Gasteiger partial charge in [-0.15, -0.1) is 11.3 Å². The Morgan fingerprint density at radius 1 is 0.792 bits per heavy atom. The van der Waals surface area contributed by atoms with Crippen LogP contribution in [0.5, 0.6) is 0 Å². The van der Waals surface area contributed by atoms with E-state index >= 15 is 0 Å². The third kappa shape index (κ3) is 1.69. The van der Waals surface area contributed by atoms with Gasteiger partial charge in [0.05, 0.1) is 5.52 Å². The molecule has 0 fully saturated rings. The van der Waals surface area contributed by atoms with E-state index in [-0.39, 0.29) is 0 Å². The van der Waals surface area contributed by atoms with Gasteiger partial charge in [0.25, 0.3) is 0 Å². The third-order valence-corrected chi connectivity index (χ3v) is 6.38.